The molecule has 0 N–H and O–H groups in total. The van der Waals surface area contributed by atoms with Crippen LogP contribution in [-0.4, -0.2) is 12.1 Å². The average molecular weight is 299 g/mol. The van der Waals surface area contributed by atoms with Gasteiger partial charge in [-0.25, -0.2) is 0 Å². The molecule has 0 aliphatic carbocycles. The highest BCUT2D eigenvalue weighted by molar-refractivity contribution is 5.66. The number of carbonyl (C=O) groups excluding carboxylic acids is 1. The fourth-order valence-corrected chi connectivity index (χ4v) is 2.82. The second kappa shape index (κ2) is 13.2. The van der Waals surface area contributed by atoms with Crippen LogP contribution in [-0.2, 0) is 9.53 Å². The van der Waals surface area contributed by atoms with Gasteiger partial charge in [-0.15, -0.1) is 0 Å². The summed E-state index contributed by atoms with van der Waals surface area (Å²) < 4.78 is 5.24. The predicted molar refractivity (Wildman–Crippen MR) is 91.4 cm³/mol. The first-order valence-corrected chi connectivity index (χ1v) is 9.14. The maximum atomic E-state index is 10.9. The van der Waals surface area contributed by atoms with Gasteiger partial charge in [-0.2, -0.15) is 0 Å². The van der Waals surface area contributed by atoms with E-state index in [1.807, 2.05) is 6.92 Å². The van der Waals surface area contributed by atoms with Gasteiger partial charge >= 0.3 is 5.97 Å². The lowest BCUT2D eigenvalue weighted by atomic mass is 9.92. The quantitative estimate of drug-likeness (QED) is 0.302. The van der Waals surface area contributed by atoms with Gasteiger partial charge in [-0.1, -0.05) is 78.6 Å². The molecule has 2 nitrogen and oxygen atoms in total. The largest absolute Gasteiger partial charge is 0.463 e. The molecular formula is C19H38O2. The molecule has 0 aromatic rings. The summed E-state index contributed by atoms with van der Waals surface area (Å²) in [5.74, 6) is 1.15. The third-order valence-electron chi connectivity index (χ3n) is 4.56. The van der Waals surface area contributed by atoms with E-state index >= 15 is 0 Å². The zero-order chi connectivity index (χ0) is 16.1. The van der Waals surface area contributed by atoms with Crippen molar-refractivity contribution in [3.63, 3.8) is 0 Å². The van der Waals surface area contributed by atoms with Gasteiger partial charge in [0.1, 0.15) is 6.10 Å². The summed E-state index contributed by atoms with van der Waals surface area (Å²) in [5.41, 5.74) is 0. The molecule has 0 aliphatic rings. The van der Waals surface area contributed by atoms with E-state index < -0.39 is 0 Å². The summed E-state index contributed by atoms with van der Waals surface area (Å²) in [7, 11) is 0. The van der Waals surface area contributed by atoms with Crippen molar-refractivity contribution in [2.24, 2.45) is 11.8 Å². The van der Waals surface area contributed by atoms with Gasteiger partial charge in [0.05, 0.1) is 0 Å². The number of esters is 1. The van der Waals surface area contributed by atoms with Crippen molar-refractivity contribution in [2.45, 2.75) is 105 Å². The molecule has 0 saturated heterocycles. The van der Waals surface area contributed by atoms with Crippen LogP contribution < -0.4 is 0 Å². The van der Waals surface area contributed by atoms with Crippen LogP contribution in [0.5, 0.6) is 0 Å². The van der Waals surface area contributed by atoms with Gasteiger partial charge < -0.3 is 4.74 Å². The monoisotopic (exact) mass is 298 g/mol. The highest BCUT2D eigenvalue weighted by Gasteiger charge is 2.15. The van der Waals surface area contributed by atoms with Crippen LogP contribution in [0.25, 0.3) is 0 Å². The molecule has 0 rings (SSSR count). The molecule has 0 heterocycles. The number of hydrogen-bond donors (Lipinski definition) is 0. The normalized spacial score (nSPS) is 15.5. The lowest BCUT2D eigenvalue weighted by Crippen LogP contribution is -2.20. The van der Waals surface area contributed by atoms with Crippen LogP contribution in [0.1, 0.15) is 98.8 Å². The number of hydrogen-bond acceptors (Lipinski definition) is 2. The van der Waals surface area contributed by atoms with Gasteiger partial charge in [0, 0.05) is 6.92 Å². The van der Waals surface area contributed by atoms with Crippen molar-refractivity contribution in [2.75, 3.05) is 0 Å². The minimum Gasteiger partial charge on any atom is -0.463 e. The van der Waals surface area contributed by atoms with Gasteiger partial charge in [0.2, 0.25) is 0 Å². The Bertz CT molecular complexity index is 250. The number of unbranched alkanes of at least 4 members (excludes halogenated alkanes) is 5. The van der Waals surface area contributed by atoms with Crippen LogP contribution in [0.3, 0.4) is 0 Å². The third-order valence-corrected chi connectivity index (χ3v) is 4.56. The van der Waals surface area contributed by atoms with E-state index in [0.717, 1.165) is 12.3 Å². The van der Waals surface area contributed by atoms with E-state index in [9.17, 15) is 4.79 Å². The van der Waals surface area contributed by atoms with Crippen molar-refractivity contribution in [3.05, 3.63) is 0 Å². The summed E-state index contributed by atoms with van der Waals surface area (Å²) >= 11 is 0. The molecule has 0 unspecified atom stereocenters. The molecule has 0 aromatic heterocycles. The molecule has 0 aromatic carbocycles. The molecule has 126 valence electrons. The maximum Gasteiger partial charge on any atom is 0.302 e. The van der Waals surface area contributed by atoms with E-state index in [2.05, 4.69) is 20.8 Å². The van der Waals surface area contributed by atoms with Crippen LogP contribution in [0, 0.1) is 11.8 Å². The molecule has 3 atom stereocenters. The molecule has 0 radical (unpaired) electrons. The minimum absolute atomic E-state index is 0.0522. The van der Waals surface area contributed by atoms with E-state index in [0.29, 0.717) is 5.92 Å². The molecule has 21 heavy (non-hydrogen) atoms. The predicted octanol–water partition coefficient (Wildman–Crippen LogP) is 6.13. The van der Waals surface area contributed by atoms with Crippen molar-refractivity contribution >= 4 is 5.97 Å². The van der Waals surface area contributed by atoms with Crippen LogP contribution in [0.15, 0.2) is 0 Å². The fourth-order valence-electron chi connectivity index (χ4n) is 2.82. The molecule has 0 amide bonds. The molecular weight excluding hydrogens is 260 g/mol. The Balaban J connectivity index is 3.51. The van der Waals surface area contributed by atoms with Gasteiger partial charge in [-0.05, 0) is 25.2 Å². The lowest BCUT2D eigenvalue weighted by molar-refractivity contribution is -0.147. The Morgan fingerprint density at radius 2 is 1.43 bits per heavy atom. The molecule has 0 saturated carbocycles. The maximum absolute atomic E-state index is 10.9. The highest BCUT2D eigenvalue weighted by atomic mass is 16.5. The second-order valence-electron chi connectivity index (χ2n) is 6.88. The summed E-state index contributed by atoms with van der Waals surface area (Å²) in [6.45, 7) is 10.3. The third kappa shape index (κ3) is 12.9. The molecule has 0 spiro atoms. The number of rotatable bonds is 13. The van der Waals surface area contributed by atoms with Gasteiger partial charge in [0.15, 0.2) is 0 Å². The summed E-state index contributed by atoms with van der Waals surface area (Å²) in [6, 6.07) is 0. The van der Waals surface area contributed by atoms with Crippen LogP contribution in [0.2, 0.25) is 0 Å². The highest BCUT2D eigenvalue weighted by Crippen LogP contribution is 2.21. The van der Waals surface area contributed by atoms with Crippen molar-refractivity contribution in [1.82, 2.24) is 0 Å². The summed E-state index contributed by atoms with van der Waals surface area (Å²) in [5, 5.41) is 0. The zero-order valence-corrected chi connectivity index (χ0v) is 15.1. The Kier molecular flexibility index (Phi) is 12.8. The summed E-state index contributed by atoms with van der Waals surface area (Å²) in [6.07, 6.45) is 13.5. The Morgan fingerprint density at radius 1 is 0.857 bits per heavy atom. The summed E-state index contributed by atoms with van der Waals surface area (Å²) in [4.78, 5) is 10.9. The smallest absolute Gasteiger partial charge is 0.302 e. The van der Waals surface area contributed by atoms with E-state index in [1.54, 1.807) is 0 Å². The first-order valence-electron chi connectivity index (χ1n) is 9.14. The number of ether oxygens (including phenoxy) is 1. The molecule has 0 aliphatic heterocycles. The van der Waals surface area contributed by atoms with Gasteiger partial charge in [0.25, 0.3) is 0 Å². The zero-order valence-electron chi connectivity index (χ0n) is 15.1. The van der Waals surface area contributed by atoms with E-state index in [4.69, 9.17) is 4.74 Å². The molecule has 0 fully saturated rings. The number of carbonyl (C=O) groups is 1. The molecule has 0 bridgehead atoms. The molecule has 2 heteroatoms. The average Bonchev–Trinajstić information content (AvgIpc) is 2.41. The second-order valence-corrected chi connectivity index (χ2v) is 6.88. The SMILES string of the molecule is CCCCCCCC[C@H](C)CCC[C@H](C)[C@H](C)OC(C)=O. The topological polar surface area (TPSA) is 26.3 Å². The first kappa shape index (κ1) is 20.5. The van der Waals surface area contributed by atoms with Crippen molar-refractivity contribution in [1.29, 1.82) is 0 Å². The van der Waals surface area contributed by atoms with Crippen molar-refractivity contribution < 1.29 is 9.53 Å². The standard InChI is InChI=1S/C19H38O2/c1-6-7-8-9-10-11-13-16(2)14-12-15-17(3)18(4)21-19(5)20/h16-18H,6-15H2,1-5H3/t16-,17-,18-/m0/s1. The Labute approximate surface area is 133 Å². The van der Waals surface area contributed by atoms with Crippen LogP contribution in [0.4, 0.5) is 0 Å². The Hall–Kier alpha value is -0.530. The lowest BCUT2D eigenvalue weighted by Gasteiger charge is -2.20. The Morgan fingerprint density at radius 3 is 2.05 bits per heavy atom. The van der Waals surface area contributed by atoms with E-state index in [-0.39, 0.29) is 12.1 Å². The first-order chi connectivity index (χ1) is 9.97. The minimum atomic E-state index is -0.161. The van der Waals surface area contributed by atoms with Crippen molar-refractivity contribution in [3.8, 4) is 0 Å². The fraction of sp³-hybridized carbons (Fsp3) is 0.947. The van der Waals surface area contributed by atoms with E-state index in [1.165, 1.54) is 64.7 Å². The van der Waals surface area contributed by atoms with Gasteiger partial charge in [-0.3, -0.25) is 4.79 Å². The van der Waals surface area contributed by atoms with Crippen LogP contribution >= 0.6 is 0 Å².